The molecule has 0 fully saturated rings. The van der Waals surface area contributed by atoms with Gasteiger partial charge in [0.15, 0.2) is 5.69 Å². The van der Waals surface area contributed by atoms with Gasteiger partial charge in [-0.3, -0.25) is 0 Å². The summed E-state index contributed by atoms with van der Waals surface area (Å²) in [5.74, 6) is -0.310. The average molecular weight is 452 g/mol. The molecule has 0 spiro atoms. The van der Waals surface area contributed by atoms with Crippen molar-refractivity contribution in [2.24, 2.45) is 14.7 Å². The quantitative estimate of drug-likeness (QED) is 0.305. The van der Waals surface area contributed by atoms with Crippen LogP contribution in [0.2, 0.25) is 10.0 Å². The summed E-state index contributed by atoms with van der Waals surface area (Å²) in [5, 5.41) is 23.4. The van der Waals surface area contributed by atoms with E-state index in [4.69, 9.17) is 28.7 Å². The molecule has 0 atom stereocenters. The van der Waals surface area contributed by atoms with E-state index >= 15 is 0 Å². The second-order valence-electron chi connectivity index (χ2n) is 5.61. The fourth-order valence-corrected chi connectivity index (χ4v) is 3.32. The van der Waals surface area contributed by atoms with Gasteiger partial charge in [0.25, 0.3) is 10.0 Å². The number of aromatic hydroxyl groups is 1. The van der Waals surface area contributed by atoms with Crippen molar-refractivity contribution in [2.75, 3.05) is 0 Å². The molecule has 0 saturated heterocycles. The molecule has 1 N–H and O–H groups in total. The molecule has 1 aromatic heterocycles. The van der Waals surface area contributed by atoms with Crippen LogP contribution in [0.25, 0.3) is 16.1 Å². The Bertz CT molecular complexity index is 1260. The summed E-state index contributed by atoms with van der Waals surface area (Å²) in [6.07, 6.45) is 0. The third kappa shape index (κ3) is 4.33. The first-order valence-corrected chi connectivity index (χ1v) is 10.00. The van der Waals surface area contributed by atoms with Crippen molar-refractivity contribution in [2.45, 2.75) is 11.8 Å². The molecule has 0 saturated carbocycles. The minimum atomic E-state index is -4.11. The molecule has 1 heterocycles. The maximum atomic E-state index is 11.7. The van der Waals surface area contributed by atoms with Crippen LogP contribution in [-0.2, 0) is 10.0 Å². The number of benzene rings is 2. The monoisotopic (exact) mass is 451 g/mol. The van der Waals surface area contributed by atoms with Crippen molar-refractivity contribution in [3.63, 3.8) is 0 Å². The van der Waals surface area contributed by atoms with Gasteiger partial charge in [0, 0.05) is 14.5 Å². The van der Waals surface area contributed by atoms with Gasteiger partial charge < -0.3 is 5.11 Å². The van der Waals surface area contributed by atoms with E-state index in [9.17, 15) is 13.5 Å². The van der Waals surface area contributed by atoms with Crippen molar-refractivity contribution in [3.05, 3.63) is 68.6 Å². The minimum absolute atomic E-state index is 0.104. The standard InChI is InChI=1S/C16H11Cl2N7O3S/c1-9-15(21-20-14-8-10(17)2-7-13(14)18)16(26)25(22-9)11-3-5-12(6-4-11)29(27,28)24-23-19/h2-8,26H,1H3. The van der Waals surface area contributed by atoms with Gasteiger partial charge in [0.05, 0.1) is 21.3 Å². The van der Waals surface area contributed by atoms with E-state index in [0.29, 0.717) is 27.1 Å². The molecule has 0 radical (unpaired) electrons. The molecule has 13 heteroatoms. The van der Waals surface area contributed by atoms with E-state index in [1.165, 1.54) is 30.3 Å². The lowest BCUT2D eigenvalue weighted by atomic mass is 10.3. The largest absolute Gasteiger partial charge is 0.492 e. The molecule has 0 amide bonds. The molecule has 148 valence electrons. The minimum Gasteiger partial charge on any atom is -0.492 e. The Kier molecular flexibility index (Phi) is 5.76. The van der Waals surface area contributed by atoms with Crippen LogP contribution in [0.4, 0.5) is 11.4 Å². The van der Waals surface area contributed by atoms with Gasteiger partial charge in [0.2, 0.25) is 5.88 Å². The van der Waals surface area contributed by atoms with E-state index in [2.05, 4.69) is 24.8 Å². The Morgan fingerprint density at radius 1 is 1.14 bits per heavy atom. The van der Waals surface area contributed by atoms with E-state index in [0.717, 1.165) is 4.68 Å². The Labute approximate surface area is 174 Å². The van der Waals surface area contributed by atoms with Gasteiger partial charge in [-0.15, -0.1) is 10.2 Å². The van der Waals surface area contributed by atoms with Gasteiger partial charge in [-0.2, -0.15) is 9.78 Å². The molecular weight excluding hydrogens is 441 g/mol. The molecule has 10 nitrogen and oxygen atoms in total. The maximum Gasteiger partial charge on any atom is 0.264 e. The summed E-state index contributed by atoms with van der Waals surface area (Å²) >= 11 is 12.0. The van der Waals surface area contributed by atoms with Gasteiger partial charge in [0.1, 0.15) is 5.69 Å². The molecule has 3 rings (SSSR count). The summed E-state index contributed by atoms with van der Waals surface area (Å²) in [6, 6.07) is 9.93. The number of aromatic nitrogens is 2. The van der Waals surface area contributed by atoms with Crippen LogP contribution < -0.4 is 0 Å². The second-order valence-corrected chi connectivity index (χ2v) is 8.03. The number of hydrogen-bond acceptors (Lipinski definition) is 6. The zero-order valence-electron chi connectivity index (χ0n) is 14.6. The topological polar surface area (TPSA) is 146 Å². The second kappa shape index (κ2) is 8.10. The molecule has 2 aromatic carbocycles. The van der Waals surface area contributed by atoms with E-state index in [1.54, 1.807) is 19.1 Å². The highest BCUT2D eigenvalue weighted by molar-refractivity contribution is 7.90. The van der Waals surface area contributed by atoms with Gasteiger partial charge in [-0.05, 0) is 54.9 Å². The Hall–Kier alpha value is -3.11. The number of hydrogen-bond donors (Lipinski definition) is 1. The first-order valence-electron chi connectivity index (χ1n) is 7.80. The van der Waals surface area contributed by atoms with Gasteiger partial charge >= 0.3 is 0 Å². The van der Waals surface area contributed by atoms with Crippen molar-refractivity contribution < 1.29 is 13.5 Å². The van der Waals surface area contributed by atoms with Crippen molar-refractivity contribution in [3.8, 4) is 11.6 Å². The Balaban J connectivity index is 1.96. The number of sulfonamides is 1. The molecule has 0 aliphatic carbocycles. The van der Waals surface area contributed by atoms with E-state index in [1.807, 2.05) is 0 Å². The van der Waals surface area contributed by atoms with Crippen molar-refractivity contribution in [1.29, 1.82) is 0 Å². The van der Waals surface area contributed by atoms with Gasteiger partial charge in [-0.1, -0.05) is 23.2 Å². The normalized spacial score (nSPS) is 11.6. The van der Waals surface area contributed by atoms with Gasteiger partial charge in [-0.25, -0.2) is 8.42 Å². The highest BCUT2D eigenvalue weighted by Gasteiger charge is 2.17. The predicted molar refractivity (Wildman–Crippen MR) is 107 cm³/mol. The Morgan fingerprint density at radius 3 is 2.48 bits per heavy atom. The van der Waals surface area contributed by atoms with Crippen LogP contribution in [0.3, 0.4) is 0 Å². The molecule has 0 bridgehead atoms. The molecule has 0 aliphatic rings. The summed E-state index contributed by atoms with van der Waals surface area (Å²) in [4.78, 5) is 2.09. The van der Waals surface area contributed by atoms with Crippen LogP contribution in [-0.4, -0.2) is 23.3 Å². The lowest BCUT2D eigenvalue weighted by Gasteiger charge is -2.04. The molecule has 3 aromatic rings. The molecular formula is C16H11Cl2N7O3S. The number of nitrogens with zero attached hydrogens (tertiary/aromatic N) is 7. The highest BCUT2D eigenvalue weighted by atomic mass is 35.5. The number of azide groups is 1. The number of halogens is 2. The predicted octanol–water partition coefficient (Wildman–Crippen LogP) is 5.61. The summed E-state index contributed by atoms with van der Waals surface area (Å²) in [5.41, 5.74) is 9.47. The van der Waals surface area contributed by atoms with E-state index < -0.39 is 10.0 Å². The SMILES string of the molecule is Cc1nn(-c2ccc(S(=O)(=O)N=[N+]=[N-])cc2)c(O)c1N=Nc1cc(Cl)ccc1Cl. The third-order valence-electron chi connectivity index (χ3n) is 3.69. The average Bonchev–Trinajstić information content (AvgIpc) is 2.96. The fourth-order valence-electron chi connectivity index (χ4n) is 2.32. The third-order valence-corrected chi connectivity index (χ3v) is 5.40. The first kappa shape index (κ1) is 20.6. The zero-order valence-corrected chi connectivity index (χ0v) is 16.9. The summed E-state index contributed by atoms with van der Waals surface area (Å²) in [7, 11) is -4.11. The van der Waals surface area contributed by atoms with Crippen molar-refractivity contribution in [1.82, 2.24) is 9.78 Å². The zero-order chi connectivity index (χ0) is 21.2. The first-order chi connectivity index (χ1) is 13.7. The van der Waals surface area contributed by atoms with Crippen LogP contribution >= 0.6 is 23.2 Å². The van der Waals surface area contributed by atoms with E-state index in [-0.39, 0.29) is 16.5 Å². The summed E-state index contributed by atoms with van der Waals surface area (Å²) in [6.45, 7) is 1.62. The molecule has 0 aliphatic heterocycles. The van der Waals surface area contributed by atoms with Crippen LogP contribution in [0.5, 0.6) is 5.88 Å². The lowest BCUT2D eigenvalue weighted by molar-refractivity contribution is 0.434. The lowest BCUT2D eigenvalue weighted by Crippen LogP contribution is -1.99. The van der Waals surface area contributed by atoms with Crippen LogP contribution in [0.1, 0.15) is 5.69 Å². The molecule has 0 unspecified atom stereocenters. The summed E-state index contributed by atoms with van der Waals surface area (Å²) < 4.78 is 27.4. The van der Waals surface area contributed by atoms with Crippen LogP contribution in [0.15, 0.2) is 62.1 Å². The Morgan fingerprint density at radius 2 is 1.83 bits per heavy atom. The fraction of sp³-hybridized carbons (Fsp3) is 0.0625. The number of azo groups is 1. The highest BCUT2D eigenvalue weighted by Crippen LogP contribution is 2.35. The number of rotatable bonds is 5. The molecule has 29 heavy (non-hydrogen) atoms. The number of aryl methyl sites for hydroxylation is 1. The maximum absolute atomic E-state index is 11.7. The smallest absolute Gasteiger partial charge is 0.264 e. The van der Waals surface area contributed by atoms with Crippen molar-refractivity contribution >= 4 is 44.6 Å². The van der Waals surface area contributed by atoms with Crippen LogP contribution in [0, 0.1) is 6.92 Å².